The molecule has 3 heterocycles. The van der Waals surface area contributed by atoms with E-state index in [1.54, 1.807) is 18.2 Å². The van der Waals surface area contributed by atoms with E-state index in [9.17, 15) is 13.8 Å². The molecule has 4 aromatic rings. The Morgan fingerprint density at radius 1 is 1.06 bits per heavy atom. The van der Waals surface area contributed by atoms with Crippen LogP contribution in [0.25, 0.3) is 11.0 Å². The number of ether oxygens (including phenoxy) is 2. The lowest BCUT2D eigenvalue weighted by Crippen LogP contribution is -2.44. The van der Waals surface area contributed by atoms with E-state index in [2.05, 4.69) is 35.6 Å². The van der Waals surface area contributed by atoms with Crippen molar-refractivity contribution in [1.29, 1.82) is 5.26 Å². The van der Waals surface area contributed by atoms with Crippen molar-refractivity contribution in [2.75, 3.05) is 39.2 Å². The second-order valence-corrected chi connectivity index (χ2v) is 19.9. The molecule has 0 bridgehead atoms. The molecule has 290 valence electrons. The van der Waals surface area contributed by atoms with Gasteiger partial charge >= 0.3 is 0 Å². The third kappa shape index (κ3) is 11.5. The van der Waals surface area contributed by atoms with E-state index < -0.39 is 18.5 Å². The summed E-state index contributed by atoms with van der Waals surface area (Å²) in [5.41, 5.74) is 3.18. The molecule has 0 atom stereocenters. The molecule has 12 heteroatoms. The van der Waals surface area contributed by atoms with Crippen LogP contribution in [0.2, 0.25) is 0 Å². The second kappa shape index (κ2) is 17.6. The predicted octanol–water partition coefficient (Wildman–Crippen LogP) is 8.52. The number of halogens is 1. The summed E-state index contributed by atoms with van der Waals surface area (Å²) in [6.45, 7) is 17.5. The molecule has 1 aliphatic heterocycles. The number of likely N-dealkylation sites (tertiary alicyclic amines) is 1. The van der Waals surface area contributed by atoms with Crippen LogP contribution in [0.5, 0.6) is 5.88 Å². The van der Waals surface area contributed by atoms with Gasteiger partial charge in [0.2, 0.25) is 5.88 Å². The van der Waals surface area contributed by atoms with Gasteiger partial charge in [-0.2, -0.15) is 5.26 Å². The Morgan fingerprint density at radius 3 is 2.50 bits per heavy atom. The van der Waals surface area contributed by atoms with Crippen LogP contribution < -0.4 is 10.1 Å². The van der Waals surface area contributed by atoms with Crippen molar-refractivity contribution in [3.8, 4) is 11.9 Å². The molecular weight excluding hydrogens is 702 g/mol. The Labute approximate surface area is 319 Å². The van der Waals surface area contributed by atoms with Crippen LogP contribution >= 0.6 is 7.14 Å². The van der Waals surface area contributed by atoms with E-state index >= 15 is 0 Å². The molecular formula is C42H56FN6O4P. The zero-order valence-corrected chi connectivity index (χ0v) is 33.8. The van der Waals surface area contributed by atoms with Gasteiger partial charge in [0.05, 0.1) is 42.0 Å². The van der Waals surface area contributed by atoms with Crippen LogP contribution in [0.15, 0.2) is 54.6 Å². The lowest BCUT2D eigenvalue weighted by Gasteiger charge is -2.31. The Balaban J connectivity index is 1.23. The van der Waals surface area contributed by atoms with Gasteiger partial charge in [-0.3, -0.25) is 9.69 Å². The van der Waals surface area contributed by atoms with Crippen LogP contribution in [0.4, 0.5) is 4.39 Å². The van der Waals surface area contributed by atoms with Crippen LogP contribution in [0.1, 0.15) is 106 Å². The third-order valence-corrected chi connectivity index (χ3v) is 11.4. The Bertz CT molecular complexity index is 2010. The quantitative estimate of drug-likeness (QED) is 0.106. The van der Waals surface area contributed by atoms with Crippen molar-refractivity contribution in [2.24, 2.45) is 0 Å². The first-order valence-corrected chi connectivity index (χ1v) is 21.8. The standard InChI is InChI=1S/C42H56FN6O4P/c1-8-18-42(4,5)53-23-19-41(2,3)47-40(50)32-14-15-36-37(26-32)49(22-24-54(6,7)51)38(45-36)28-48-20-16-31(17-21-48)35-10-9-11-39(46-35)52-29-33-13-12-30(27-44)25-34(33)43/h9-15,25-26,31H,8,16-24,28-29H2,1-7H3,(H,47,50). The molecule has 0 unspecified atom stereocenters. The number of aromatic nitrogens is 3. The number of nitrogens with zero attached hydrogens (tertiary/aromatic N) is 5. The number of carbonyl (C=O) groups is 1. The zero-order valence-electron chi connectivity index (χ0n) is 33.0. The minimum Gasteiger partial charge on any atom is -0.473 e. The largest absolute Gasteiger partial charge is 0.473 e. The minimum absolute atomic E-state index is 0.0242. The number of nitrogens with one attached hydrogen (secondary N) is 1. The summed E-state index contributed by atoms with van der Waals surface area (Å²) in [6, 6.07) is 17.7. The zero-order chi connectivity index (χ0) is 39.1. The number of hydrogen-bond donors (Lipinski definition) is 1. The molecule has 0 saturated carbocycles. The maximum absolute atomic E-state index is 14.4. The normalized spacial score (nSPS) is 14.6. The number of benzene rings is 2. The second-order valence-electron chi connectivity index (χ2n) is 16.3. The van der Waals surface area contributed by atoms with Crippen molar-refractivity contribution < 1.29 is 23.2 Å². The monoisotopic (exact) mass is 758 g/mol. The van der Waals surface area contributed by atoms with E-state index in [-0.39, 0.29) is 29.6 Å². The van der Waals surface area contributed by atoms with Gasteiger partial charge in [-0.1, -0.05) is 25.5 Å². The van der Waals surface area contributed by atoms with E-state index in [0.717, 1.165) is 61.3 Å². The third-order valence-electron chi connectivity index (χ3n) is 10.1. The SMILES string of the molecule is CCCC(C)(C)OCCC(C)(C)NC(=O)c1ccc2nc(CN3CCC(c4cccc(OCc5ccc(C#N)cc5F)n4)CC3)n(CCP(C)(C)=O)c2c1. The maximum atomic E-state index is 14.4. The molecule has 2 aromatic carbocycles. The molecule has 5 rings (SSSR count). The summed E-state index contributed by atoms with van der Waals surface area (Å²) in [6.07, 6.45) is 5.07. The number of aryl methyl sites for hydroxylation is 1. The number of imidazole rings is 1. The number of rotatable bonds is 17. The van der Waals surface area contributed by atoms with Crippen molar-refractivity contribution in [3.05, 3.63) is 88.6 Å². The highest BCUT2D eigenvalue weighted by Gasteiger charge is 2.27. The Kier molecular flexibility index (Phi) is 13.4. The van der Waals surface area contributed by atoms with Gasteiger partial charge in [0.25, 0.3) is 5.91 Å². The first-order valence-electron chi connectivity index (χ1n) is 19.0. The Morgan fingerprint density at radius 2 is 1.81 bits per heavy atom. The molecule has 1 saturated heterocycles. The summed E-state index contributed by atoms with van der Waals surface area (Å²) in [7, 11) is -2.31. The molecule has 1 amide bonds. The number of carbonyl (C=O) groups excluding carboxylic acids is 1. The fraction of sp³-hybridized carbons (Fsp3) is 0.524. The van der Waals surface area contributed by atoms with Crippen molar-refractivity contribution >= 4 is 24.1 Å². The summed E-state index contributed by atoms with van der Waals surface area (Å²) in [5.74, 6) is 0.964. The molecule has 1 aliphatic rings. The summed E-state index contributed by atoms with van der Waals surface area (Å²) >= 11 is 0. The van der Waals surface area contributed by atoms with Crippen LogP contribution in [-0.4, -0.2) is 75.7 Å². The van der Waals surface area contributed by atoms with Gasteiger partial charge in [-0.15, -0.1) is 0 Å². The average Bonchev–Trinajstić information content (AvgIpc) is 3.45. The van der Waals surface area contributed by atoms with E-state index in [4.69, 9.17) is 24.7 Å². The molecule has 0 radical (unpaired) electrons. The number of hydrogen-bond acceptors (Lipinski definition) is 8. The van der Waals surface area contributed by atoms with Crippen LogP contribution in [-0.2, 0) is 29.0 Å². The Hall–Kier alpha value is -4.10. The number of piperidine rings is 1. The summed E-state index contributed by atoms with van der Waals surface area (Å²) in [5, 5.41) is 12.2. The van der Waals surface area contributed by atoms with Crippen molar-refractivity contribution in [3.63, 3.8) is 0 Å². The first kappa shape index (κ1) is 41.1. The lowest BCUT2D eigenvalue weighted by molar-refractivity contribution is -0.0307. The fourth-order valence-electron chi connectivity index (χ4n) is 6.93. The first-order chi connectivity index (χ1) is 25.5. The van der Waals surface area contributed by atoms with Gasteiger partial charge in [0.1, 0.15) is 18.2 Å². The summed E-state index contributed by atoms with van der Waals surface area (Å²) in [4.78, 5) is 25.7. The fourth-order valence-corrected chi connectivity index (χ4v) is 7.62. The van der Waals surface area contributed by atoms with Crippen molar-refractivity contribution in [2.45, 2.75) is 103 Å². The number of fused-ring (bicyclic) bond motifs is 1. The number of amides is 1. The van der Waals surface area contributed by atoms with Crippen LogP contribution in [0, 0.1) is 17.1 Å². The highest BCUT2D eigenvalue weighted by molar-refractivity contribution is 7.62. The van der Waals surface area contributed by atoms with Gasteiger partial charge in [-0.05, 0) is 116 Å². The lowest BCUT2D eigenvalue weighted by atomic mass is 9.93. The van der Waals surface area contributed by atoms with Gasteiger partial charge in [0, 0.05) is 53.7 Å². The van der Waals surface area contributed by atoms with Gasteiger partial charge in [-0.25, -0.2) is 14.4 Å². The predicted molar refractivity (Wildman–Crippen MR) is 212 cm³/mol. The highest BCUT2D eigenvalue weighted by atomic mass is 31.2. The highest BCUT2D eigenvalue weighted by Crippen LogP contribution is 2.36. The van der Waals surface area contributed by atoms with Gasteiger partial charge in [0.15, 0.2) is 0 Å². The molecule has 1 fully saturated rings. The number of pyridine rings is 1. The molecule has 0 spiro atoms. The van der Waals surface area contributed by atoms with Crippen LogP contribution in [0.3, 0.4) is 0 Å². The molecule has 1 N–H and O–H groups in total. The van der Waals surface area contributed by atoms with E-state index in [1.807, 2.05) is 63.6 Å². The van der Waals surface area contributed by atoms with Crippen molar-refractivity contribution in [1.82, 2.24) is 24.8 Å². The van der Waals surface area contributed by atoms with E-state index in [1.165, 1.54) is 6.07 Å². The molecule has 10 nitrogen and oxygen atoms in total. The molecule has 0 aliphatic carbocycles. The average molecular weight is 759 g/mol. The van der Waals surface area contributed by atoms with Gasteiger partial charge < -0.3 is 23.9 Å². The smallest absolute Gasteiger partial charge is 0.251 e. The number of nitriles is 1. The van der Waals surface area contributed by atoms with E-state index in [0.29, 0.717) is 49.3 Å². The maximum Gasteiger partial charge on any atom is 0.251 e. The molecule has 2 aromatic heterocycles. The molecule has 54 heavy (non-hydrogen) atoms. The summed E-state index contributed by atoms with van der Waals surface area (Å²) < 4.78 is 41.3. The topological polar surface area (TPSA) is 122 Å². The minimum atomic E-state index is -2.31.